The number of rotatable bonds is 15. The molecule has 14 heteroatoms. The average Bonchev–Trinajstić information content (AvgIpc) is 3.64. The number of fused-ring (bicyclic) bond motifs is 1. The van der Waals surface area contributed by atoms with Crippen LogP contribution < -0.4 is 14.2 Å². The second-order valence-corrected chi connectivity index (χ2v) is 12.0. The second-order valence-electron chi connectivity index (χ2n) is 10.1. The third-order valence-corrected chi connectivity index (χ3v) is 8.33. The van der Waals surface area contributed by atoms with Crippen LogP contribution in [0.25, 0.3) is 0 Å². The first-order chi connectivity index (χ1) is 19.6. The van der Waals surface area contributed by atoms with Gasteiger partial charge in [-0.05, 0) is 48.6 Å². The van der Waals surface area contributed by atoms with Gasteiger partial charge in [-0.3, -0.25) is 9.89 Å². The van der Waals surface area contributed by atoms with Gasteiger partial charge in [0, 0.05) is 38.3 Å². The number of hydrogen-bond donors (Lipinski definition) is 2. The largest absolute Gasteiger partial charge is 0.494 e. The van der Waals surface area contributed by atoms with Crippen molar-refractivity contribution >= 4 is 16.1 Å². The third kappa shape index (κ3) is 8.08. The van der Waals surface area contributed by atoms with Crippen LogP contribution in [0.15, 0.2) is 59.8 Å². The lowest BCUT2D eigenvalue weighted by atomic mass is 10.0. The number of ether oxygens (including phenoxy) is 3. The quantitative estimate of drug-likeness (QED) is 0.153. The van der Waals surface area contributed by atoms with Crippen LogP contribution in [0, 0.1) is 5.92 Å². The first-order valence-corrected chi connectivity index (χ1v) is 14.7. The molecule has 2 aromatic carbocycles. The predicted octanol–water partition coefficient (Wildman–Crippen LogP) is 3.49. The summed E-state index contributed by atoms with van der Waals surface area (Å²) in [7, 11) is -3.94. The topological polar surface area (TPSA) is 157 Å². The minimum absolute atomic E-state index is 0.00305. The zero-order chi connectivity index (χ0) is 29.4. The van der Waals surface area contributed by atoms with Crippen molar-refractivity contribution in [3.05, 3.63) is 60.4 Å². The van der Waals surface area contributed by atoms with Crippen LogP contribution in [0.3, 0.4) is 0 Å². The van der Waals surface area contributed by atoms with Gasteiger partial charge in [-0.1, -0.05) is 31.2 Å². The fourth-order valence-corrected chi connectivity index (χ4v) is 6.06. The third-order valence-electron chi connectivity index (χ3n) is 6.47. The molecule has 41 heavy (non-hydrogen) atoms. The lowest BCUT2D eigenvalue weighted by molar-refractivity contribution is -0.0984. The molecule has 3 aromatic rings. The Morgan fingerprint density at radius 1 is 1.15 bits per heavy atom. The second kappa shape index (κ2) is 13.7. The fourth-order valence-electron chi connectivity index (χ4n) is 4.43. The molecule has 2 heterocycles. The van der Waals surface area contributed by atoms with E-state index in [0.717, 1.165) is 12.0 Å². The van der Waals surface area contributed by atoms with Crippen LogP contribution in [-0.4, -0.2) is 81.7 Å². The van der Waals surface area contributed by atoms with E-state index in [1.54, 1.807) is 47.4 Å². The number of aromatic nitrogens is 3. The number of carbonyl (C=O) groups is 1. The molecule has 1 aromatic heterocycles. The van der Waals surface area contributed by atoms with E-state index in [1.165, 1.54) is 16.4 Å². The summed E-state index contributed by atoms with van der Waals surface area (Å²) in [5, 5.41) is 27.7. The fraction of sp³-hybridized carbons (Fsp3) is 0.444. The van der Waals surface area contributed by atoms with Crippen LogP contribution >= 0.6 is 0 Å². The van der Waals surface area contributed by atoms with Crippen LogP contribution in [-0.2, 0) is 23.0 Å². The SMILES string of the molecule is CC(C)CN(CCC(Cc1ccc(OCCCn2ccnn2)cc1)N(O)C(=O)O)S(=O)(=O)c1ccc2c(c1)OCO2. The molecule has 0 spiro atoms. The number of hydroxylamine groups is 2. The summed E-state index contributed by atoms with van der Waals surface area (Å²) in [6.45, 7) is 5.19. The predicted molar refractivity (Wildman–Crippen MR) is 146 cm³/mol. The molecule has 0 radical (unpaired) electrons. The molecule has 2 N–H and O–H groups in total. The first-order valence-electron chi connectivity index (χ1n) is 13.3. The summed E-state index contributed by atoms with van der Waals surface area (Å²) < 4.78 is 46.6. The van der Waals surface area contributed by atoms with Gasteiger partial charge < -0.3 is 19.3 Å². The molecule has 0 saturated carbocycles. The van der Waals surface area contributed by atoms with Gasteiger partial charge in [0.25, 0.3) is 0 Å². The van der Waals surface area contributed by atoms with E-state index in [1.807, 2.05) is 13.8 Å². The van der Waals surface area contributed by atoms with E-state index in [0.29, 0.717) is 30.4 Å². The van der Waals surface area contributed by atoms with Crippen molar-refractivity contribution in [3.8, 4) is 17.2 Å². The highest BCUT2D eigenvalue weighted by Gasteiger charge is 2.30. The average molecular weight is 590 g/mol. The molecule has 1 unspecified atom stereocenters. The van der Waals surface area contributed by atoms with E-state index in [4.69, 9.17) is 14.2 Å². The summed E-state index contributed by atoms with van der Waals surface area (Å²) >= 11 is 0. The summed E-state index contributed by atoms with van der Waals surface area (Å²) in [6, 6.07) is 10.7. The molecule has 0 bridgehead atoms. The zero-order valence-electron chi connectivity index (χ0n) is 23.0. The molecule has 0 fully saturated rings. The summed E-state index contributed by atoms with van der Waals surface area (Å²) in [4.78, 5) is 11.7. The van der Waals surface area contributed by atoms with Gasteiger partial charge in [0.2, 0.25) is 16.8 Å². The van der Waals surface area contributed by atoms with Crippen molar-refractivity contribution in [1.82, 2.24) is 24.4 Å². The van der Waals surface area contributed by atoms with Gasteiger partial charge in [0.15, 0.2) is 11.5 Å². The number of nitrogens with zero attached hydrogens (tertiary/aromatic N) is 5. The van der Waals surface area contributed by atoms with Crippen LogP contribution in [0.2, 0.25) is 0 Å². The minimum Gasteiger partial charge on any atom is -0.494 e. The molecule has 0 saturated heterocycles. The Morgan fingerprint density at radius 3 is 2.59 bits per heavy atom. The van der Waals surface area contributed by atoms with Gasteiger partial charge in [-0.25, -0.2) is 13.2 Å². The summed E-state index contributed by atoms with van der Waals surface area (Å²) in [6.07, 6.45) is 2.87. The highest BCUT2D eigenvalue weighted by molar-refractivity contribution is 7.89. The highest BCUT2D eigenvalue weighted by atomic mass is 32.2. The van der Waals surface area contributed by atoms with Crippen LogP contribution in [0.5, 0.6) is 17.2 Å². The molecular weight excluding hydrogens is 554 g/mol. The van der Waals surface area contributed by atoms with Crippen molar-refractivity contribution in [2.75, 3.05) is 26.5 Å². The minimum atomic E-state index is -3.94. The van der Waals surface area contributed by atoms with Gasteiger partial charge >= 0.3 is 6.09 Å². The zero-order valence-corrected chi connectivity index (χ0v) is 23.8. The standard InChI is InChI=1S/C27H35N5O8S/c1-20(2)18-31(41(36,37)24-8-9-25-26(17-24)40-19-39-25)13-10-22(32(35)27(33)34)16-21-4-6-23(7-5-21)38-15-3-12-30-14-11-28-29-30/h4-9,11,14,17,20,22,35H,3,10,12-13,15-16,18-19H2,1-2H3,(H,33,34). The maximum atomic E-state index is 13.6. The number of carboxylic acid groups (broad SMARTS) is 1. The Labute approximate surface area is 238 Å². The number of hydrogen-bond acceptors (Lipinski definition) is 9. The lowest BCUT2D eigenvalue weighted by Gasteiger charge is -2.28. The molecule has 222 valence electrons. The Morgan fingerprint density at radius 2 is 1.90 bits per heavy atom. The number of aryl methyl sites for hydroxylation is 1. The van der Waals surface area contributed by atoms with Crippen molar-refractivity contribution < 1.29 is 37.7 Å². The Bertz CT molecular complexity index is 1380. The Balaban J connectivity index is 1.40. The van der Waals surface area contributed by atoms with E-state index in [-0.39, 0.29) is 48.6 Å². The maximum absolute atomic E-state index is 13.6. The van der Waals surface area contributed by atoms with E-state index in [9.17, 15) is 23.5 Å². The smallest absolute Gasteiger partial charge is 0.431 e. The molecule has 1 aliphatic heterocycles. The lowest BCUT2D eigenvalue weighted by Crippen LogP contribution is -2.42. The van der Waals surface area contributed by atoms with Crippen molar-refractivity contribution in [2.24, 2.45) is 5.92 Å². The molecule has 1 amide bonds. The Kier molecular flexibility index (Phi) is 10.0. The normalized spacial score (nSPS) is 13.5. The van der Waals surface area contributed by atoms with Gasteiger partial charge in [-0.2, -0.15) is 9.37 Å². The van der Waals surface area contributed by atoms with Crippen LogP contribution in [0.4, 0.5) is 4.79 Å². The highest BCUT2D eigenvalue weighted by Crippen LogP contribution is 2.35. The molecular formula is C27H35N5O8S. The number of benzene rings is 2. The van der Waals surface area contributed by atoms with E-state index < -0.39 is 22.2 Å². The molecule has 13 nitrogen and oxygen atoms in total. The van der Waals surface area contributed by atoms with Gasteiger partial charge in [0.1, 0.15) is 5.75 Å². The number of amides is 1. The van der Waals surface area contributed by atoms with Crippen molar-refractivity contribution in [1.29, 1.82) is 0 Å². The Hall–Kier alpha value is -3.88. The van der Waals surface area contributed by atoms with E-state index >= 15 is 0 Å². The van der Waals surface area contributed by atoms with Gasteiger partial charge in [0.05, 0.1) is 23.7 Å². The molecule has 0 aliphatic carbocycles. The van der Waals surface area contributed by atoms with Crippen LogP contribution in [0.1, 0.15) is 32.3 Å². The first kappa shape index (κ1) is 30.1. The van der Waals surface area contributed by atoms with Gasteiger partial charge in [-0.15, -0.1) is 5.10 Å². The summed E-state index contributed by atoms with van der Waals surface area (Å²) in [5.74, 6) is 1.48. The maximum Gasteiger partial charge on any atom is 0.431 e. The van der Waals surface area contributed by atoms with Crippen molar-refractivity contribution in [2.45, 2.75) is 50.6 Å². The number of sulfonamides is 1. The van der Waals surface area contributed by atoms with E-state index in [2.05, 4.69) is 10.3 Å². The summed E-state index contributed by atoms with van der Waals surface area (Å²) in [5.41, 5.74) is 0.763. The monoisotopic (exact) mass is 589 g/mol. The molecule has 4 rings (SSSR count). The molecule has 1 aliphatic rings. The molecule has 1 atom stereocenters. The van der Waals surface area contributed by atoms with Crippen molar-refractivity contribution in [3.63, 3.8) is 0 Å².